The van der Waals surface area contributed by atoms with E-state index in [1.807, 2.05) is 0 Å². The molecular weight excluding hydrogens is 230 g/mol. The molecule has 0 fully saturated rings. The molecule has 0 atom stereocenters. The quantitative estimate of drug-likeness (QED) is 0.901. The van der Waals surface area contributed by atoms with Gasteiger partial charge in [-0.2, -0.15) is 0 Å². The summed E-state index contributed by atoms with van der Waals surface area (Å²) >= 11 is 1.72. The smallest absolute Gasteiger partial charge is 0.151 e. The molecule has 0 aromatic carbocycles. The summed E-state index contributed by atoms with van der Waals surface area (Å²) in [5.74, 6) is 0.892. The van der Waals surface area contributed by atoms with Gasteiger partial charge < -0.3 is 5.32 Å². The van der Waals surface area contributed by atoms with Crippen molar-refractivity contribution < 1.29 is 0 Å². The van der Waals surface area contributed by atoms with Crippen molar-refractivity contribution in [2.24, 2.45) is 0 Å². The van der Waals surface area contributed by atoms with Crippen molar-refractivity contribution in [1.29, 1.82) is 0 Å². The maximum Gasteiger partial charge on any atom is 0.151 e. The first kappa shape index (κ1) is 12.0. The first-order chi connectivity index (χ1) is 8.15. The van der Waals surface area contributed by atoms with Crippen LogP contribution in [0, 0.1) is 20.8 Å². The molecule has 0 amide bonds. The van der Waals surface area contributed by atoms with Crippen molar-refractivity contribution in [1.82, 2.24) is 10.2 Å². The Labute approximate surface area is 106 Å². The van der Waals surface area contributed by atoms with Gasteiger partial charge in [-0.15, -0.1) is 21.5 Å². The second kappa shape index (κ2) is 4.84. The van der Waals surface area contributed by atoms with E-state index in [4.69, 9.17) is 0 Å². The number of aryl methyl sites for hydroxylation is 1. The molecular formula is C13H17N3S. The van der Waals surface area contributed by atoms with E-state index in [0.29, 0.717) is 0 Å². The van der Waals surface area contributed by atoms with E-state index in [1.54, 1.807) is 11.3 Å². The van der Waals surface area contributed by atoms with Crippen molar-refractivity contribution in [3.63, 3.8) is 0 Å². The number of hydrogen-bond donors (Lipinski definition) is 1. The van der Waals surface area contributed by atoms with Crippen molar-refractivity contribution in [3.05, 3.63) is 28.1 Å². The lowest BCUT2D eigenvalue weighted by Crippen LogP contribution is -2.05. The molecule has 2 heterocycles. The summed E-state index contributed by atoms with van der Waals surface area (Å²) in [6.45, 7) is 9.24. The van der Waals surface area contributed by atoms with Gasteiger partial charge in [0, 0.05) is 6.54 Å². The van der Waals surface area contributed by atoms with Crippen LogP contribution in [0.3, 0.4) is 0 Å². The summed E-state index contributed by atoms with van der Waals surface area (Å²) < 4.78 is 0. The third kappa shape index (κ3) is 2.17. The molecule has 0 spiro atoms. The molecule has 1 N–H and O–H groups in total. The number of thiophene rings is 1. The lowest BCUT2D eigenvalue weighted by molar-refractivity contribution is 0.988. The minimum Gasteiger partial charge on any atom is -0.369 e. The Bertz CT molecular complexity index is 531. The number of hydrogen-bond acceptors (Lipinski definition) is 4. The van der Waals surface area contributed by atoms with E-state index in [0.717, 1.165) is 18.1 Å². The van der Waals surface area contributed by atoms with Gasteiger partial charge in [0.15, 0.2) is 5.82 Å². The van der Waals surface area contributed by atoms with E-state index in [-0.39, 0.29) is 0 Å². The third-order valence-electron chi connectivity index (χ3n) is 2.94. The lowest BCUT2D eigenvalue weighted by Gasteiger charge is -2.11. The SMILES string of the molecule is CCNc1nnc(-c2sccc2C)c(C)c1C. The molecule has 0 bridgehead atoms. The first-order valence-corrected chi connectivity index (χ1v) is 6.65. The normalized spacial score (nSPS) is 10.6. The zero-order valence-corrected chi connectivity index (χ0v) is 11.5. The van der Waals surface area contributed by atoms with Gasteiger partial charge in [0.25, 0.3) is 0 Å². The van der Waals surface area contributed by atoms with Gasteiger partial charge in [0.05, 0.1) is 4.88 Å². The second-order valence-corrected chi connectivity index (χ2v) is 5.03. The van der Waals surface area contributed by atoms with Crippen molar-refractivity contribution in [2.45, 2.75) is 27.7 Å². The van der Waals surface area contributed by atoms with Crippen molar-refractivity contribution >= 4 is 17.2 Å². The predicted octanol–water partition coefficient (Wildman–Crippen LogP) is 3.56. The van der Waals surface area contributed by atoms with Gasteiger partial charge >= 0.3 is 0 Å². The van der Waals surface area contributed by atoms with E-state index in [1.165, 1.54) is 21.6 Å². The average molecular weight is 247 g/mol. The monoisotopic (exact) mass is 247 g/mol. The zero-order chi connectivity index (χ0) is 12.4. The van der Waals surface area contributed by atoms with E-state index >= 15 is 0 Å². The largest absolute Gasteiger partial charge is 0.369 e. The average Bonchev–Trinajstić information content (AvgIpc) is 2.72. The summed E-state index contributed by atoms with van der Waals surface area (Å²) in [6.07, 6.45) is 0. The summed E-state index contributed by atoms with van der Waals surface area (Å²) in [4.78, 5) is 1.22. The summed E-state index contributed by atoms with van der Waals surface area (Å²) in [7, 11) is 0. The minimum absolute atomic E-state index is 0.867. The van der Waals surface area contributed by atoms with Gasteiger partial charge in [-0.3, -0.25) is 0 Å². The van der Waals surface area contributed by atoms with E-state index in [2.05, 4.69) is 54.7 Å². The molecule has 2 rings (SSSR count). The van der Waals surface area contributed by atoms with E-state index < -0.39 is 0 Å². The second-order valence-electron chi connectivity index (χ2n) is 4.11. The van der Waals surface area contributed by atoms with Crippen LogP contribution in [0.15, 0.2) is 11.4 Å². The molecule has 0 unspecified atom stereocenters. The third-order valence-corrected chi connectivity index (χ3v) is 3.97. The van der Waals surface area contributed by atoms with Gasteiger partial charge in [-0.05, 0) is 55.8 Å². The molecule has 0 saturated heterocycles. The Balaban J connectivity index is 2.51. The maximum absolute atomic E-state index is 4.36. The highest BCUT2D eigenvalue weighted by Crippen LogP contribution is 2.31. The maximum atomic E-state index is 4.36. The molecule has 0 radical (unpaired) electrons. The predicted molar refractivity (Wildman–Crippen MR) is 73.7 cm³/mol. The molecule has 90 valence electrons. The minimum atomic E-state index is 0.867. The van der Waals surface area contributed by atoms with Gasteiger partial charge in [0.1, 0.15) is 5.69 Å². The Morgan fingerprint density at radius 3 is 2.53 bits per heavy atom. The molecule has 4 heteroatoms. The Hall–Kier alpha value is -1.42. The van der Waals surface area contributed by atoms with Crippen molar-refractivity contribution in [2.75, 3.05) is 11.9 Å². The molecule has 2 aromatic rings. The Morgan fingerprint density at radius 2 is 1.94 bits per heavy atom. The molecule has 0 saturated carbocycles. The van der Waals surface area contributed by atoms with E-state index in [9.17, 15) is 0 Å². The fraction of sp³-hybridized carbons (Fsp3) is 0.385. The van der Waals surface area contributed by atoms with Crippen molar-refractivity contribution in [3.8, 4) is 10.6 Å². The summed E-state index contributed by atoms with van der Waals surface area (Å²) in [6, 6.07) is 2.12. The van der Waals surface area contributed by atoms with Crippen LogP contribution in [0.25, 0.3) is 10.6 Å². The van der Waals surface area contributed by atoms with Crippen LogP contribution in [0.1, 0.15) is 23.6 Å². The van der Waals surface area contributed by atoms with Crippen LogP contribution in [-0.2, 0) is 0 Å². The molecule has 0 aliphatic carbocycles. The number of nitrogens with one attached hydrogen (secondary N) is 1. The van der Waals surface area contributed by atoms with Crippen LogP contribution in [-0.4, -0.2) is 16.7 Å². The fourth-order valence-electron chi connectivity index (χ4n) is 1.77. The first-order valence-electron chi connectivity index (χ1n) is 5.77. The molecule has 3 nitrogen and oxygen atoms in total. The van der Waals surface area contributed by atoms with Crippen LogP contribution in [0.5, 0.6) is 0 Å². The van der Waals surface area contributed by atoms with Gasteiger partial charge in [-0.25, -0.2) is 0 Å². The van der Waals surface area contributed by atoms with Crippen LogP contribution in [0.4, 0.5) is 5.82 Å². The van der Waals surface area contributed by atoms with Crippen LogP contribution >= 0.6 is 11.3 Å². The van der Waals surface area contributed by atoms with Crippen LogP contribution in [0.2, 0.25) is 0 Å². The van der Waals surface area contributed by atoms with Gasteiger partial charge in [0.2, 0.25) is 0 Å². The fourth-order valence-corrected chi connectivity index (χ4v) is 2.74. The Kier molecular flexibility index (Phi) is 3.43. The van der Waals surface area contributed by atoms with Gasteiger partial charge in [-0.1, -0.05) is 0 Å². The number of rotatable bonds is 3. The summed E-state index contributed by atoms with van der Waals surface area (Å²) in [5, 5.41) is 14.0. The topological polar surface area (TPSA) is 37.8 Å². The number of aromatic nitrogens is 2. The highest BCUT2D eigenvalue weighted by Gasteiger charge is 2.13. The standard InChI is InChI=1S/C13H17N3S/c1-5-14-13-10(4)9(3)11(15-16-13)12-8(2)6-7-17-12/h6-7H,5H2,1-4H3,(H,14,16). The highest BCUT2D eigenvalue weighted by atomic mass is 32.1. The number of nitrogens with zero attached hydrogens (tertiary/aromatic N) is 2. The lowest BCUT2D eigenvalue weighted by atomic mass is 10.1. The zero-order valence-electron chi connectivity index (χ0n) is 10.7. The highest BCUT2D eigenvalue weighted by molar-refractivity contribution is 7.13. The summed E-state index contributed by atoms with van der Waals surface area (Å²) in [5.41, 5.74) is 4.67. The molecule has 0 aliphatic heterocycles. The van der Waals surface area contributed by atoms with Crippen LogP contribution < -0.4 is 5.32 Å². The number of anilines is 1. The Morgan fingerprint density at radius 1 is 1.18 bits per heavy atom. The molecule has 17 heavy (non-hydrogen) atoms. The molecule has 0 aliphatic rings. The molecule has 2 aromatic heterocycles.